The molecule has 1 saturated carbocycles. The van der Waals surface area contributed by atoms with Crippen molar-refractivity contribution in [3.05, 3.63) is 24.2 Å². The summed E-state index contributed by atoms with van der Waals surface area (Å²) in [5.41, 5.74) is 0.548. The quantitative estimate of drug-likeness (QED) is 0.837. The first kappa shape index (κ1) is 11.7. The third-order valence-electron chi connectivity index (χ3n) is 3.79. The minimum atomic E-state index is 0.334. The zero-order valence-corrected chi connectivity index (χ0v) is 10.6. The van der Waals surface area contributed by atoms with Gasteiger partial charge in [-0.15, -0.1) is 0 Å². The van der Waals surface area contributed by atoms with Gasteiger partial charge >= 0.3 is 0 Å². The fourth-order valence-electron chi connectivity index (χ4n) is 2.54. The second-order valence-corrected chi connectivity index (χ2v) is 5.84. The van der Waals surface area contributed by atoms with Crippen LogP contribution >= 0.6 is 0 Å². The predicted octanol–water partition coefficient (Wildman–Crippen LogP) is 3.90. The molecular weight excluding hydrogens is 198 g/mol. The first-order valence-corrected chi connectivity index (χ1v) is 6.36. The Balaban J connectivity index is 1.83. The highest BCUT2D eigenvalue weighted by molar-refractivity contribution is 5.03. The summed E-state index contributed by atoms with van der Waals surface area (Å²) in [4.78, 5) is 0. The van der Waals surface area contributed by atoms with Crippen LogP contribution in [0.4, 0.5) is 0 Å². The van der Waals surface area contributed by atoms with E-state index in [2.05, 4.69) is 26.1 Å². The lowest BCUT2D eigenvalue weighted by atomic mass is 9.75. The van der Waals surface area contributed by atoms with E-state index in [1.165, 1.54) is 25.7 Å². The van der Waals surface area contributed by atoms with E-state index in [9.17, 15) is 0 Å². The minimum absolute atomic E-state index is 0.334. The van der Waals surface area contributed by atoms with Crippen molar-refractivity contribution in [2.45, 2.75) is 58.5 Å². The van der Waals surface area contributed by atoms with Gasteiger partial charge in [0.25, 0.3) is 0 Å². The zero-order valence-electron chi connectivity index (χ0n) is 10.6. The van der Waals surface area contributed by atoms with Gasteiger partial charge in [-0.3, -0.25) is 0 Å². The van der Waals surface area contributed by atoms with Gasteiger partial charge in [0.2, 0.25) is 0 Å². The molecule has 1 aliphatic carbocycles. The van der Waals surface area contributed by atoms with Crippen molar-refractivity contribution < 1.29 is 4.42 Å². The smallest absolute Gasteiger partial charge is 0.120 e. The lowest BCUT2D eigenvalue weighted by molar-refractivity contribution is 0.196. The fraction of sp³-hybridized carbons (Fsp3) is 0.714. The summed E-state index contributed by atoms with van der Waals surface area (Å²) >= 11 is 0. The standard InChI is InChI=1S/C14H23NO/c1-11(13-5-4-10-16-13)15-12-6-8-14(2,3)9-7-12/h4-5,10-12,15H,6-9H2,1-3H3/t11-/m1/s1. The van der Waals surface area contributed by atoms with E-state index in [1.54, 1.807) is 6.26 Å². The third-order valence-corrected chi connectivity index (χ3v) is 3.79. The molecule has 2 rings (SSSR count). The van der Waals surface area contributed by atoms with Crippen LogP contribution in [0, 0.1) is 5.41 Å². The average molecular weight is 221 g/mol. The van der Waals surface area contributed by atoms with E-state index >= 15 is 0 Å². The molecule has 0 aromatic carbocycles. The molecule has 1 N–H and O–H groups in total. The van der Waals surface area contributed by atoms with E-state index in [0.717, 1.165) is 5.76 Å². The molecule has 1 aromatic heterocycles. The van der Waals surface area contributed by atoms with Crippen LogP contribution in [0.15, 0.2) is 22.8 Å². The van der Waals surface area contributed by atoms with Gasteiger partial charge < -0.3 is 9.73 Å². The van der Waals surface area contributed by atoms with Crippen LogP contribution in [0.3, 0.4) is 0 Å². The topological polar surface area (TPSA) is 25.2 Å². The van der Waals surface area contributed by atoms with Crippen molar-refractivity contribution in [2.24, 2.45) is 5.41 Å². The Kier molecular flexibility index (Phi) is 3.38. The molecule has 16 heavy (non-hydrogen) atoms. The highest BCUT2D eigenvalue weighted by Gasteiger charge is 2.27. The van der Waals surface area contributed by atoms with E-state index in [0.29, 0.717) is 17.5 Å². The number of hydrogen-bond acceptors (Lipinski definition) is 2. The van der Waals surface area contributed by atoms with Crippen molar-refractivity contribution in [3.8, 4) is 0 Å². The molecule has 1 fully saturated rings. The van der Waals surface area contributed by atoms with E-state index in [4.69, 9.17) is 4.42 Å². The van der Waals surface area contributed by atoms with Crippen LogP contribution in [-0.4, -0.2) is 6.04 Å². The highest BCUT2D eigenvalue weighted by atomic mass is 16.3. The second-order valence-electron chi connectivity index (χ2n) is 5.84. The van der Waals surface area contributed by atoms with Crippen molar-refractivity contribution in [2.75, 3.05) is 0 Å². The normalized spacial score (nSPS) is 23.2. The van der Waals surface area contributed by atoms with Crippen molar-refractivity contribution in [1.82, 2.24) is 5.32 Å². The number of furan rings is 1. The summed E-state index contributed by atoms with van der Waals surface area (Å²) in [6, 6.07) is 5.00. The lowest BCUT2D eigenvalue weighted by Gasteiger charge is -2.35. The van der Waals surface area contributed by atoms with E-state index in [1.807, 2.05) is 12.1 Å². The SMILES string of the molecule is C[C@@H](NC1CCC(C)(C)CC1)c1ccco1. The van der Waals surface area contributed by atoms with Crippen molar-refractivity contribution in [1.29, 1.82) is 0 Å². The maximum absolute atomic E-state index is 5.42. The molecule has 0 spiro atoms. The van der Waals surface area contributed by atoms with Crippen molar-refractivity contribution >= 4 is 0 Å². The fourth-order valence-corrected chi connectivity index (χ4v) is 2.54. The molecule has 2 heteroatoms. The monoisotopic (exact) mass is 221 g/mol. The van der Waals surface area contributed by atoms with Gasteiger partial charge in [0.1, 0.15) is 5.76 Å². The maximum atomic E-state index is 5.42. The molecule has 2 nitrogen and oxygen atoms in total. The molecule has 1 aromatic rings. The minimum Gasteiger partial charge on any atom is -0.468 e. The highest BCUT2D eigenvalue weighted by Crippen LogP contribution is 2.35. The molecule has 0 aliphatic heterocycles. The first-order valence-electron chi connectivity index (χ1n) is 6.36. The summed E-state index contributed by atoms with van der Waals surface area (Å²) in [5, 5.41) is 3.67. The molecule has 1 aliphatic rings. The predicted molar refractivity (Wildman–Crippen MR) is 66.3 cm³/mol. The van der Waals surface area contributed by atoms with Gasteiger partial charge in [-0.2, -0.15) is 0 Å². The third kappa shape index (κ3) is 2.88. The summed E-state index contributed by atoms with van der Waals surface area (Å²) < 4.78 is 5.42. The number of rotatable bonds is 3. The van der Waals surface area contributed by atoms with Crippen LogP contribution in [0.2, 0.25) is 0 Å². The van der Waals surface area contributed by atoms with Crippen LogP contribution in [0.25, 0.3) is 0 Å². The lowest BCUT2D eigenvalue weighted by Crippen LogP contribution is -2.36. The van der Waals surface area contributed by atoms with Gasteiger partial charge in [0.15, 0.2) is 0 Å². The Hall–Kier alpha value is -0.760. The molecule has 90 valence electrons. The van der Waals surface area contributed by atoms with Crippen LogP contribution < -0.4 is 5.32 Å². The molecule has 1 heterocycles. The van der Waals surface area contributed by atoms with Crippen LogP contribution in [-0.2, 0) is 0 Å². The van der Waals surface area contributed by atoms with Crippen LogP contribution in [0.1, 0.15) is 58.3 Å². The molecule has 0 bridgehead atoms. The van der Waals surface area contributed by atoms with Gasteiger partial charge in [0.05, 0.1) is 12.3 Å². The molecule has 0 radical (unpaired) electrons. The van der Waals surface area contributed by atoms with Gasteiger partial charge in [-0.05, 0) is 50.2 Å². The molecule has 1 atom stereocenters. The second kappa shape index (κ2) is 4.62. The Morgan fingerprint density at radius 1 is 1.38 bits per heavy atom. The number of hydrogen-bond donors (Lipinski definition) is 1. The first-order chi connectivity index (χ1) is 7.57. The van der Waals surface area contributed by atoms with Gasteiger partial charge in [-0.1, -0.05) is 13.8 Å². The summed E-state index contributed by atoms with van der Waals surface area (Å²) in [5.74, 6) is 1.05. The maximum Gasteiger partial charge on any atom is 0.120 e. The van der Waals surface area contributed by atoms with E-state index < -0.39 is 0 Å². The summed E-state index contributed by atoms with van der Waals surface area (Å²) in [6.07, 6.45) is 6.98. The van der Waals surface area contributed by atoms with Gasteiger partial charge in [0, 0.05) is 6.04 Å². The van der Waals surface area contributed by atoms with Crippen LogP contribution in [0.5, 0.6) is 0 Å². The van der Waals surface area contributed by atoms with E-state index in [-0.39, 0.29) is 0 Å². The zero-order chi connectivity index (χ0) is 11.6. The Morgan fingerprint density at radius 3 is 2.62 bits per heavy atom. The van der Waals surface area contributed by atoms with Crippen molar-refractivity contribution in [3.63, 3.8) is 0 Å². The number of nitrogens with one attached hydrogen (secondary N) is 1. The molecular formula is C14H23NO. The largest absolute Gasteiger partial charge is 0.468 e. The summed E-state index contributed by atoms with van der Waals surface area (Å²) in [6.45, 7) is 6.93. The molecule has 0 amide bonds. The molecule has 0 saturated heterocycles. The Labute approximate surface area is 98.4 Å². The molecule has 0 unspecified atom stereocenters. The Morgan fingerprint density at radius 2 is 2.06 bits per heavy atom. The van der Waals surface area contributed by atoms with Gasteiger partial charge in [-0.25, -0.2) is 0 Å². The Bertz CT molecular complexity index is 305. The average Bonchev–Trinajstić information content (AvgIpc) is 2.74. The summed E-state index contributed by atoms with van der Waals surface area (Å²) in [7, 11) is 0.